The number of benzene rings is 1. The van der Waals surface area contributed by atoms with E-state index in [9.17, 15) is 4.79 Å². The van der Waals surface area contributed by atoms with Crippen molar-refractivity contribution in [3.63, 3.8) is 0 Å². The number of carbonyl (C=O) groups is 1. The van der Waals surface area contributed by atoms with E-state index in [0.717, 1.165) is 49.6 Å². The first kappa shape index (κ1) is 19.7. The van der Waals surface area contributed by atoms with E-state index >= 15 is 0 Å². The minimum atomic E-state index is 0.0313. The van der Waals surface area contributed by atoms with E-state index in [1.54, 1.807) is 7.11 Å². The first-order valence-corrected chi connectivity index (χ1v) is 12.9. The third-order valence-corrected chi connectivity index (χ3v) is 10.2. The molecular formula is C27H36N2O3. The van der Waals surface area contributed by atoms with Gasteiger partial charge < -0.3 is 14.4 Å². The molecule has 4 heterocycles. The molecule has 1 aromatic carbocycles. The molecule has 0 aromatic heterocycles. The van der Waals surface area contributed by atoms with Gasteiger partial charge in [-0.15, -0.1) is 0 Å². The van der Waals surface area contributed by atoms with Gasteiger partial charge >= 0.3 is 0 Å². The fourth-order valence-corrected chi connectivity index (χ4v) is 8.74. The normalized spacial score (nSPS) is 39.0. The quantitative estimate of drug-likeness (QED) is 0.721. The van der Waals surface area contributed by atoms with Crippen molar-refractivity contribution >= 4 is 5.91 Å². The van der Waals surface area contributed by atoms with Crippen LogP contribution in [0.2, 0.25) is 0 Å². The van der Waals surface area contributed by atoms with Crippen molar-refractivity contribution in [1.29, 1.82) is 0 Å². The minimum absolute atomic E-state index is 0.0313. The summed E-state index contributed by atoms with van der Waals surface area (Å²) in [5.41, 5.74) is 3.18. The highest BCUT2D eigenvalue weighted by molar-refractivity contribution is 5.79. The fraction of sp³-hybridized carbons (Fsp3) is 0.741. The Morgan fingerprint density at radius 1 is 1.19 bits per heavy atom. The zero-order chi connectivity index (χ0) is 21.8. The van der Waals surface area contributed by atoms with Gasteiger partial charge in [-0.05, 0) is 69.0 Å². The Balaban J connectivity index is 1.43. The van der Waals surface area contributed by atoms with Crippen LogP contribution in [0.1, 0.15) is 63.5 Å². The standard InChI is InChI=1S/C27H36N2O3/c1-16(2)25(30)29-13-10-26-9-8-19(29)24-27(26)11-12-28(15-17-4-5-17)21(26)14-18-6-7-20(31-3)23(32-24)22(18)27/h6-7,16-17,19,21,24H,4-5,8-15H2,1-3H3/t19-,21-,24+,26-,27+/m1/s1. The van der Waals surface area contributed by atoms with Crippen LogP contribution < -0.4 is 9.47 Å². The first-order valence-electron chi connectivity index (χ1n) is 12.9. The van der Waals surface area contributed by atoms with Crippen molar-refractivity contribution in [2.24, 2.45) is 17.3 Å². The van der Waals surface area contributed by atoms with Crippen LogP contribution in [0.4, 0.5) is 0 Å². The monoisotopic (exact) mass is 436 g/mol. The predicted octanol–water partition coefficient (Wildman–Crippen LogP) is 3.77. The van der Waals surface area contributed by atoms with Gasteiger partial charge in [-0.25, -0.2) is 0 Å². The molecule has 1 amide bonds. The molecular weight excluding hydrogens is 400 g/mol. The van der Waals surface area contributed by atoms with Gasteiger partial charge in [0.05, 0.1) is 13.2 Å². The maximum Gasteiger partial charge on any atom is 0.225 e. The Morgan fingerprint density at radius 2 is 2.03 bits per heavy atom. The van der Waals surface area contributed by atoms with E-state index in [0.29, 0.717) is 11.9 Å². The Hall–Kier alpha value is -1.75. The first-order chi connectivity index (χ1) is 15.5. The summed E-state index contributed by atoms with van der Waals surface area (Å²) in [6, 6.07) is 5.19. The van der Waals surface area contributed by atoms with Crippen molar-refractivity contribution in [1.82, 2.24) is 9.80 Å². The average molecular weight is 437 g/mol. The Morgan fingerprint density at radius 3 is 2.78 bits per heavy atom. The van der Waals surface area contributed by atoms with Gasteiger partial charge in [0.1, 0.15) is 6.10 Å². The second-order valence-electron chi connectivity index (χ2n) is 11.7. The van der Waals surface area contributed by atoms with E-state index in [1.165, 1.54) is 43.5 Å². The zero-order valence-electron chi connectivity index (χ0n) is 19.7. The third kappa shape index (κ3) is 2.22. The highest BCUT2D eigenvalue weighted by Crippen LogP contribution is 2.71. The largest absolute Gasteiger partial charge is 0.493 e. The molecule has 32 heavy (non-hydrogen) atoms. The van der Waals surface area contributed by atoms with Crippen molar-refractivity contribution in [3.05, 3.63) is 23.3 Å². The molecule has 8 rings (SSSR count). The van der Waals surface area contributed by atoms with E-state index < -0.39 is 0 Å². The Labute approximate surface area is 191 Å². The number of likely N-dealkylation sites (tertiary alicyclic amines) is 1. The highest BCUT2D eigenvalue weighted by atomic mass is 16.5. The lowest BCUT2D eigenvalue weighted by Gasteiger charge is -2.66. The summed E-state index contributed by atoms with van der Waals surface area (Å²) in [5.74, 6) is 3.12. The molecule has 3 aliphatic carbocycles. The maximum atomic E-state index is 13.4. The molecule has 3 saturated heterocycles. The molecule has 172 valence electrons. The molecule has 2 saturated carbocycles. The Kier molecular flexibility index (Phi) is 3.96. The molecule has 2 spiro atoms. The SMILES string of the molecule is COc1ccc2c3c1O[C@H]1[C@H]4CC[C@@]5(CCN4C(=O)C(C)C)[C@@H](C2)N(CC2CC2)CC[C@]315. The lowest BCUT2D eigenvalue weighted by molar-refractivity contribution is -0.146. The van der Waals surface area contributed by atoms with E-state index in [4.69, 9.17) is 9.47 Å². The van der Waals surface area contributed by atoms with Gasteiger partial charge in [0, 0.05) is 41.4 Å². The molecule has 1 aromatic rings. The molecule has 5 fully saturated rings. The number of amides is 1. The summed E-state index contributed by atoms with van der Waals surface area (Å²) in [4.78, 5) is 18.5. The number of rotatable bonds is 4. The molecule has 0 N–H and O–H groups in total. The van der Waals surface area contributed by atoms with Crippen molar-refractivity contribution in [3.8, 4) is 11.5 Å². The van der Waals surface area contributed by atoms with Crippen LogP contribution in [0.15, 0.2) is 12.1 Å². The summed E-state index contributed by atoms with van der Waals surface area (Å²) < 4.78 is 12.8. The molecule has 0 unspecified atom stereocenters. The fourth-order valence-electron chi connectivity index (χ4n) is 8.74. The molecule has 7 aliphatic rings. The number of nitrogens with zero attached hydrogens (tertiary/aromatic N) is 2. The maximum absolute atomic E-state index is 13.4. The highest BCUT2D eigenvalue weighted by Gasteiger charge is 2.74. The number of fused-ring (bicyclic) bond motifs is 3. The van der Waals surface area contributed by atoms with Crippen LogP contribution >= 0.6 is 0 Å². The van der Waals surface area contributed by atoms with Crippen LogP contribution in [0, 0.1) is 17.3 Å². The van der Waals surface area contributed by atoms with E-state index in [1.807, 2.05) is 13.8 Å². The van der Waals surface area contributed by atoms with Crippen LogP contribution in [0.3, 0.4) is 0 Å². The van der Waals surface area contributed by atoms with E-state index in [-0.39, 0.29) is 28.9 Å². The lowest BCUT2D eigenvalue weighted by Crippen LogP contribution is -2.72. The summed E-state index contributed by atoms with van der Waals surface area (Å²) in [5, 5.41) is 0. The van der Waals surface area contributed by atoms with Crippen molar-refractivity contribution in [2.75, 3.05) is 26.7 Å². The van der Waals surface area contributed by atoms with Gasteiger partial charge in [0.2, 0.25) is 5.91 Å². The molecule has 0 radical (unpaired) electrons. The topological polar surface area (TPSA) is 42.0 Å². The van der Waals surface area contributed by atoms with Gasteiger partial charge in [-0.3, -0.25) is 9.69 Å². The molecule has 4 bridgehead atoms. The number of hydrogen-bond donors (Lipinski definition) is 0. The summed E-state index contributed by atoms with van der Waals surface area (Å²) in [6.07, 6.45) is 8.58. The van der Waals surface area contributed by atoms with Gasteiger partial charge in [-0.2, -0.15) is 0 Å². The van der Waals surface area contributed by atoms with Crippen molar-refractivity contribution in [2.45, 2.75) is 82.4 Å². The van der Waals surface area contributed by atoms with Gasteiger partial charge in [0.25, 0.3) is 0 Å². The van der Waals surface area contributed by atoms with Gasteiger partial charge in [0.15, 0.2) is 11.5 Å². The number of ether oxygens (including phenoxy) is 2. The predicted molar refractivity (Wildman–Crippen MR) is 122 cm³/mol. The summed E-state index contributed by atoms with van der Waals surface area (Å²) in [7, 11) is 1.76. The number of methoxy groups -OCH3 is 1. The van der Waals surface area contributed by atoms with Crippen LogP contribution in [0.25, 0.3) is 0 Å². The van der Waals surface area contributed by atoms with Gasteiger partial charge in [-0.1, -0.05) is 19.9 Å². The van der Waals surface area contributed by atoms with Crippen molar-refractivity contribution < 1.29 is 14.3 Å². The van der Waals surface area contributed by atoms with Crippen LogP contribution in [-0.4, -0.2) is 60.6 Å². The smallest absolute Gasteiger partial charge is 0.225 e. The summed E-state index contributed by atoms with van der Waals surface area (Å²) in [6.45, 7) is 7.43. The average Bonchev–Trinajstić information content (AvgIpc) is 3.57. The Bertz CT molecular complexity index is 987. The van der Waals surface area contributed by atoms with Crippen LogP contribution in [-0.2, 0) is 16.6 Å². The summed E-state index contributed by atoms with van der Waals surface area (Å²) >= 11 is 0. The van der Waals surface area contributed by atoms with E-state index in [2.05, 4.69) is 21.9 Å². The zero-order valence-corrected chi connectivity index (χ0v) is 19.7. The third-order valence-electron chi connectivity index (χ3n) is 10.2. The number of hydrogen-bond acceptors (Lipinski definition) is 4. The molecule has 5 heteroatoms. The molecule has 4 aliphatic heterocycles. The number of piperidine rings is 1. The number of carbonyl (C=O) groups excluding carboxylic acids is 1. The minimum Gasteiger partial charge on any atom is -0.493 e. The second kappa shape index (κ2) is 6.43. The molecule has 5 nitrogen and oxygen atoms in total. The van der Waals surface area contributed by atoms with Crippen LogP contribution in [0.5, 0.6) is 11.5 Å². The second-order valence-corrected chi connectivity index (χ2v) is 11.7. The lowest BCUT2D eigenvalue weighted by atomic mass is 9.42. The molecule has 5 atom stereocenters.